The molecule has 98 valence electrons. The van der Waals surface area contributed by atoms with Gasteiger partial charge in [0, 0.05) is 12.1 Å². The zero-order chi connectivity index (χ0) is 13.5. The van der Waals surface area contributed by atoms with Crippen LogP contribution < -0.4 is 5.32 Å². The maximum Gasteiger partial charge on any atom is 0.269 e. The Morgan fingerprint density at radius 2 is 2.16 bits per heavy atom. The number of carbonyl (C=O) groups excluding carboxylic acids is 1. The van der Waals surface area contributed by atoms with E-state index < -0.39 is 0 Å². The van der Waals surface area contributed by atoms with Crippen molar-refractivity contribution in [3.05, 3.63) is 54.2 Å². The third kappa shape index (κ3) is 3.55. The van der Waals surface area contributed by atoms with Crippen molar-refractivity contribution < 1.29 is 4.79 Å². The van der Waals surface area contributed by atoms with Crippen molar-refractivity contribution in [3.63, 3.8) is 0 Å². The van der Waals surface area contributed by atoms with E-state index >= 15 is 0 Å². The molecule has 0 atom stereocenters. The number of nitrogens with zero attached hydrogens (tertiary/aromatic N) is 1. The van der Waals surface area contributed by atoms with E-state index in [9.17, 15) is 4.79 Å². The summed E-state index contributed by atoms with van der Waals surface area (Å²) >= 11 is 0. The van der Waals surface area contributed by atoms with Crippen LogP contribution in [0.1, 0.15) is 23.8 Å². The Bertz CT molecular complexity index is 558. The van der Waals surface area contributed by atoms with Gasteiger partial charge in [-0.3, -0.25) is 9.89 Å². The Morgan fingerprint density at radius 1 is 1.37 bits per heavy atom. The molecule has 2 rings (SSSR count). The van der Waals surface area contributed by atoms with Gasteiger partial charge in [-0.05, 0) is 19.4 Å². The lowest BCUT2D eigenvalue weighted by Crippen LogP contribution is -2.24. The zero-order valence-corrected chi connectivity index (χ0v) is 10.9. The Hall–Kier alpha value is -2.36. The number of rotatable bonds is 5. The summed E-state index contributed by atoms with van der Waals surface area (Å²) < 4.78 is 0. The molecule has 4 heteroatoms. The van der Waals surface area contributed by atoms with Crippen LogP contribution in [0, 0.1) is 0 Å². The van der Waals surface area contributed by atoms with Crippen molar-refractivity contribution in [1.29, 1.82) is 0 Å². The molecular formula is C15H17N3O. The monoisotopic (exact) mass is 255 g/mol. The molecule has 2 N–H and O–H groups in total. The van der Waals surface area contributed by atoms with Gasteiger partial charge < -0.3 is 5.32 Å². The molecule has 1 amide bonds. The molecule has 0 spiro atoms. The third-order valence-corrected chi connectivity index (χ3v) is 2.72. The minimum atomic E-state index is -0.126. The lowest BCUT2D eigenvalue weighted by molar-refractivity contribution is 0.0949. The van der Waals surface area contributed by atoms with E-state index in [0.29, 0.717) is 12.2 Å². The second kappa shape index (κ2) is 6.54. The van der Waals surface area contributed by atoms with Gasteiger partial charge in [0.25, 0.3) is 5.91 Å². The first-order valence-electron chi connectivity index (χ1n) is 6.31. The molecule has 0 bridgehead atoms. The van der Waals surface area contributed by atoms with Gasteiger partial charge >= 0.3 is 0 Å². The number of hydrogen-bond donors (Lipinski definition) is 2. The number of amides is 1. The number of H-pyrrole nitrogens is 1. The number of hydrogen-bond acceptors (Lipinski definition) is 2. The maximum absolute atomic E-state index is 11.8. The van der Waals surface area contributed by atoms with Gasteiger partial charge in [0.2, 0.25) is 0 Å². The lowest BCUT2D eigenvalue weighted by atomic mass is 10.1. The largest absolute Gasteiger partial charge is 0.350 e. The van der Waals surface area contributed by atoms with Crippen LogP contribution in [-0.4, -0.2) is 22.6 Å². The van der Waals surface area contributed by atoms with Crippen molar-refractivity contribution in [1.82, 2.24) is 15.5 Å². The van der Waals surface area contributed by atoms with Gasteiger partial charge in [-0.15, -0.1) is 0 Å². The van der Waals surface area contributed by atoms with Crippen LogP contribution >= 0.6 is 0 Å². The molecule has 0 unspecified atom stereocenters. The summed E-state index contributed by atoms with van der Waals surface area (Å²) in [6, 6.07) is 11.5. The number of aromatic nitrogens is 2. The van der Waals surface area contributed by atoms with Gasteiger partial charge in [0.1, 0.15) is 5.69 Å². The van der Waals surface area contributed by atoms with E-state index in [1.807, 2.05) is 49.4 Å². The molecular weight excluding hydrogens is 238 g/mol. The predicted octanol–water partition coefficient (Wildman–Crippen LogP) is 2.77. The number of nitrogens with one attached hydrogen (secondary N) is 2. The van der Waals surface area contributed by atoms with E-state index in [4.69, 9.17) is 0 Å². The smallest absolute Gasteiger partial charge is 0.269 e. The van der Waals surface area contributed by atoms with Crippen molar-refractivity contribution in [2.24, 2.45) is 0 Å². The quantitative estimate of drug-likeness (QED) is 0.637. The van der Waals surface area contributed by atoms with Gasteiger partial charge in [-0.25, -0.2) is 0 Å². The van der Waals surface area contributed by atoms with Crippen molar-refractivity contribution in [2.45, 2.75) is 13.3 Å². The van der Waals surface area contributed by atoms with Crippen LogP contribution in [0.4, 0.5) is 0 Å². The van der Waals surface area contributed by atoms with Crippen molar-refractivity contribution in [2.75, 3.05) is 6.54 Å². The van der Waals surface area contributed by atoms with Crippen LogP contribution in [0.25, 0.3) is 11.3 Å². The highest BCUT2D eigenvalue weighted by atomic mass is 16.1. The molecule has 1 aromatic carbocycles. The second-order valence-corrected chi connectivity index (χ2v) is 4.15. The number of carbonyl (C=O) groups is 1. The van der Waals surface area contributed by atoms with Gasteiger partial charge in [0.05, 0.1) is 5.69 Å². The molecule has 4 nitrogen and oxygen atoms in total. The Kier molecular flexibility index (Phi) is 4.50. The first-order valence-corrected chi connectivity index (χ1v) is 6.31. The SMILES string of the molecule is C/C=C/CCNC(=O)c1cc(-c2ccccc2)n[nH]1. The van der Waals surface area contributed by atoms with E-state index in [0.717, 1.165) is 17.7 Å². The van der Waals surface area contributed by atoms with E-state index in [1.54, 1.807) is 6.07 Å². The summed E-state index contributed by atoms with van der Waals surface area (Å²) in [6.45, 7) is 2.59. The highest BCUT2D eigenvalue weighted by Gasteiger charge is 2.09. The first kappa shape index (κ1) is 13.1. The van der Waals surface area contributed by atoms with Crippen LogP contribution in [0.3, 0.4) is 0 Å². The number of allylic oxidation sites excluding steroid dienone is 1. The van der Waals surface area contributed by atoms with Crippen LogP contribution in [-0.2, 0) is 0 Å². The molecule has 0 saturated carbocycles. The summed E-state index contributed by atoms with van der Waals surface area (Å²) in [7, 11) is 0. The molecule has 0 aliphatic heterocycles. The fraction of sp³-hybridized carbons (Fsp3) is 0.200. The van der Waals surface area contributed by atoms with E-state index in [2.05, 4.69) is 15.5 Å². The Morgan fingerprint density at radius 3 is 2.89 bits per heavy atom. The summed E-state index contributed by atoms with van der Waals surface area (Å²) in [5.74, 6) is -0.126. The molecule has 1 aromatic heterocycles. The molecule has 0 saturated heterocycles. The zero-order valence-electron chi connectivity index (χ0n) is 10.9. The highest BCUT2D eigenvalue weighted by molar-refractivity contribution is 5.93. The number of benzene rings is 1. The fourth-order valence-electron chi connectivity index (χ4n) is 1.73. The topological polar surface area (TPSA) is 57.8 Å². The summed E-state index contributed by atoms with van der Waals surface area (Å²) in [5.41, 5.74) is 2.25. The molecule has 0 fully saturated rings. The average molecular weight is 255 g/mol. The molecule has 2 aromatic rings. The standard InChI is InChI=1S/C15H17N3O/c1-2-3-7-10-16-15(19)14-11-13(17-18-14)12-8-5-4-6-9-12/h2-6,8-9,11H,7,10H2,1H3,(H,16,19)(H,17,18)/b3-2+. The van der Waals surface area contributed by atoms with Gasteiger partial charge in [-0.1, -0.05) is 42.5 Å². The molecule has 1 heterocycles. The van der Waals surface area contributed by atoms with Crippen molar-refractivity contribution in [3.8, 4) is 11.3 Å². The van der Waals surface area contributed by atoms with E-state index in [1.165, 1.54) is 0 Å². The maximum atomic E-state index is 11.8. The first-order chi connectivity index (χ1) is 9.31. The lowest BCUT2D eigenvalue weighted by Gasteiger charge is -1.99. The van der Waals surface area contributed by atoms with Gasteiger partial charge in [0.15, 0.2) is 0 Å². The Balaban J connectivity index is 1.99. The average Bonchev–Trinajstić information content (AvgIpc) is 2.94. The summed E-state index contributed by atoms with van der Waals surface area (Å²) in [6.07, 6.45) is 4.82. The summed E-state index contributed by atoms with van der Waals surface area (Å²) in [5, 5.41) is 9.75. The molecule has 0 radical (unpaired) electrons. The van der Waals surface area contributed by atoms with Crippen molar-refractivity contribution >= 4 is 5.91 Å². The fourth-order valence-corrected chi connectivity index (χ4v) is 1.73. The van der Waals surface area contributed by atoms with Crippen LogP contribution in [0.2, 0.25) is 0 Å². The predicted molar refractivity (Wildman–Crippen MR) is 75.8 cm³/mol. The van der Waals surface area contributed by atoms with E-state index in [-0.39, 0.29) is 5.91 Å². The third-order valence-electron chi connectivity index (χ3n) is 2.72. The normalized spacial score (nSPS) is 10.8. The summed E-state index contributed by atoms with van der Waals surface area (Å²) in [4.78, 5) is 11.8. The molecule has 19 heavy (non-hydrogen) atoms. The minimum absolute atomic E-state index is 0.126. The number of aromatic amines is 1. The molecule has 0 aliphatic rings. The molecule has 0 aliphatic carbocycles. The Labute approximate surface area is 112 Å². The second-order valence-electron chi connectivity index (χ2n) is 4.15. The van der Waals surface area contributed by atoms with Crippen LogP contribution in [0.5, 0.6) is 0 Å². The van der Waals surface area contributed by atoms with Gasteiger partial charge in [-0.2, -0.15) is 5.10 Å². The highest BCUT2D eigenvalue weighted by Crippen LogP contribution is 2.16. The minimum Gasteiger partial charge on any atom is -0.350 e. The van der Waals surface area contributed by atoms with Crippen LogP contribution in [0.15, 0.2) is 48.6 Å².